The molecule has 4 rings (SSSR count). The van der Waals surface area contributed by atoms with Crippen molar-refractivity contribution in [1.29, 1.82) is 0 Å². The summed E-state index contributed by atoms with van der Waals surface area (Å²) in [6.07, 6.45) is 3.59. The van der Waals surface area contributed by atoms with E-state index in [1.165, 1.54) is 42.9 Å². The summed E-state index contributed by atoms with van der Waals surface area (Å²) in [4.78, 5) is 12.7. The molecule has 0 bridgehead atoms. The minimum Gasteiger partial charge on any atom is -0.476 e. The highest BCUT2D eigenvalue weighted by Crippen LogP contribution is 2.33. The quantitative estimate of drug-likeness (QED) is 0.689. The molecule has 3 heterocycles. The van der Waals surface area contributed by atoms with Crippen molar-refractivity contribution < 1.29 is 24.8 Å². The summed E-state index contributed by atoms with van der Waals surface area (Å²) in [5, 5.41) is 29.4. The van der Waals surface area contributed by atoms with E-state index in [-0.39, 0.29) is 6.61 Å². The van der Waals surface area contributed by atoms with E-state index in [4.69, 9.17) is 9.47 Å². The SMILES string of the molecule is OC[C@H]1O[C@@H](n2cnc3c(OCC4CCCC4)ncnc32)[C@@H](O)C1O. The van der Waals surface area contributed by atoms with Crippen LogP contribution in [0.2, 0.25) is 0 Å². The molecule has 9 heteroatoms. The fourth-order valence-corrected chi connectivity index (χ4v) is 3.61. The van der Waals surface area contributed by atoms with Gasteiger partial charge in [0.25, 0.3) is 0 Å². The van der Waals surface area contributed by atoms with Crippen molar-refractivity contribution in [2.75, 3.05) is 13.2 Å². The van der Waals surface area contributed by atoms with E-state index < -0.39 is 24.5 Å². The summed E-state index contributed by atoms with van der Waals surface area (Å²) in [6.45, 7) is 0.221. The van der Waals surface area contributed by atoms with Crippen LogP contribution in [0.15, 0.2) is 12.7 Å². The molecular weight excluding hydrogens is 328 g/mol. The fourth-order valence-electron chi connectivity index (χ4n) is 3.61. The maximum Gasteiger partial charge on any atom is 0.245 e. The largest absolute Gasteiger partial charge is 0.476 e. The first-order valence-corrected chi connectivity index (χ1v) is 8.62. The van der Waals surface area contributed by atoms with Crippen molar-refractivity contribution in [2.45, 2.75) is 50.2 Å². The Labute approximate surface area is 144 Å². The molecule has 3 N–H and O–H groups in total. The molecule has 1 aliphatic heterocycles. The van der Waals surface area contributed by atoms with Gasteiger partial charge < -0.3 is 24.8 Å². The van der Waals surface area contributed by atoms with Crippen molar-refractivity contribution in [2.24, 2.45) is 5.92 Å². The van der Waals surface area contributed by atoms with Crippen LogP contribution in [0.3, 0.4) is 0 Å². The Balaban J connectivity index is 1.58. The molecule has 1 unspecified atom stereocenters. The maximum absolute atomic E-state index is 10.2. The highest BCUT2D eigenvalue weighted by molar-refractivity contribution is 5.76. The molecule has 0 amide bonds. The van der Waals surface area contributed by atoms with Crippen LogP contribution in [-0.4, -0.2) is 66.4 Å². The van der Waals surface area contributed by atoms with Gasteiger partial charge in [0.2, 0.25) is 5.88 Å². The van der Waals surface area contributed by atoms with Crippen LogP contribution in [0.5, 0.6) is 5.88 Å². The molecular formula is C16H22N4O5. The zero-order valence-electron chi connectivity index (χ0n) is 13.7. The third-order valence-corrected chi connectivity index (χ3v) is 5.05. The molecule has 25 heavy (non-hydrogen) atoms. The Morgan fingerprint density at radius 1 is 1.16 bits per heavy atom. The molecule has 1 aliphatic carbocycles. The van der Waals surface area contributed by atoms with Gasteiger partial charge in [-0.25, -0.2) is 9.97 Å². The number of aromatic nitrogens is 4. The molecule has 2 fully saturated rings. The Morgan fingerprint density at radius 3 is 2.68 bits per heavy atom. The van der Waals surface area contributed by atoms with E-state index >= 15 is 0 Å². The number of aliphatic hydroxyl groups is 3. The average Bonchev–Trinajstić information content (AvgIpc) is 3.34. The second-order valence-electron chi connectivity index (χ2n) is 6.69. The van der Waals surface area contributed by atoms with Gasteiger partial charge in [0.05, 0.1) is 19.5 Å². The van der Waals surface area contributed by atoms with Gasteiger partial charge >= 0.3 is 0 Å². The molecule has 1 saturated carbocycles. The molecule has 2 aliphatic rings. The number of hydrogen-bond donors (Lipinski definition) is 3. The van der Waals surface area contributed by atoms with Crippen molar-refractivity contribution in [1.82, 2.24) is 19.5 Å². The monoisotopic (exact) mass is 350 g/mol. The second kappa shape index (κ2) is 6.83. The fraction of sp³-hybridized carbons (Fsp3) is 0.688. The molecule has 1 saturated heterocycles. The van der Waals surface area contributed by atoms with Crippen LogP contribution < -0.4 is 4.74 Å². The van der Waals surface area contributed by atoms with Crippen LogP contribution in [0.25, 0.3) is 11.2 Å². The lowest BCUT2D eigenvalue weighted by molar-refractivity contribution is -0.0511. The molecule has 4 atom stereocenters. The summed E-state index contributed by atoms with van der Waals surface area (Å²) in [5.74, 6) is 0.954. The summed E-state index contributed by atoms with van der Waals surface area (Å²) in [6, 6.07) is 0. The van der Waals surface area contributed by atoms with E-state index in [0.717, 1.165) is 0 Å². The van der Waals surface area contributed by atoms with E-state index in [0.29, 0.717) is 29.6 Å². The van der Waals surface area contributed by atoms with Crippen molar-refractivity contribution in [3.8, 4) is 5.88 Å². The van der Waals surface area contributed by atoms with E-state index in [2.05, 4.69) is 15.0 Å². The normalized spacial score (nSPS) is 30.4. The van der Waals surface area contributed by atoms with Gasteiger partial charge in [-0.1, -0.05) is 12.8 Å². The van der Waals surface area contributed by atoms with Gasteiger partial charge in [0.1, 0.15) is 24.6 Å². The highest BCUT2D eigenvalue weighted by atomic mass is 16.6. The minimum atomic E-state index is -1.19. The number of hydrogen-bond acceptors (Lipinski definition) is 8. The van der Waals surface area contributed by atoms with E-state index in [1.807, 2.05) is 0 Å². The molecule has 136 valence electrons. The van der Waals surface area contributed by atoms with Crippen molar-refractivity contribution >= 4 is 11.2 Å². The Hall–Kier alpha value is -1.81. The lowest BCUT2D eigenvalue weighted by Gasteiger charge is -2.16. The van der Waals surface area contributed by atoms with Crippen LogP contribution in [0, 0.1) is 5.92 Å². The summed E-state index contributed by atoms with van der Waals surface area (Å²) in [5.41, 5.74) is 0.935. The molecule has 2 aromatic heterocycles. The Morgan fingerprint density at radius 2 is 1.96 bits per heavy atom. The minimum absolute atomic E-state index is 0.383. The lowest BCUT2D eigenvalue weighted by atomic mass is 10.1. The molecule has 9 nitrogen and oxygen atoms in total. The van der Waals surface area contributed by atoms with Crippen LogP contribution in [0.1, 0.15) is 31.9 Å². The van der Waals surface area contributed by atoms with E-state index in [1.54, 1.807) is 0 Å². The summed E-state index contributed by atoms with van der Waals surface area (Å²) < 4.78 is 12.9. The third kappa shape index (κ3) is 2.97. The van der Waals surface area contributed by atoms with Gasteiger partial charge in [0, 0.05) is 0 Å². The Bertz CT molecular complexity index is 732. The number of imidazole rings is 1. The standard InChI is InChI=1S/C16H22N4O5/c21-5-10-12(22)13(23)16(25-10)20-8-19-11-14(20)17-7-18-15(11)24-6-9-3-1-2-4-9/h7-10,12-13,16,21-23H,1-6H2/t10-,12?,13+,16-/m1/s1. The number of aliphatic hydroxyl groups excluding tert-OH is 3. The summed E-state index contributed by atoms with van der Waals surface area (Å²) >= 11 is 0. The van der Waals surface area contributed by atoms with Gasteiger partial charge in [-0.15, -0.1) is 0 Å². The van der Waals surface area contributed by atoms with Crippen LogP contribution in [-0.2, 0) is 4.74 Å². The van der Waals surface area contributed by atoms with Gasteiger partial charge in [0.15, 0.2) is 17.4 Å². The first kappa shape index (κ1) is 16.6. The lowest BCUT2D eigenvalue weighted by Crippen LogP contribution is -2.33. The van der Waals surface area contributed by atoms with Crippen LogP contribution >= 0.6 is 0 Å². The highest BCUT2D eigenvalue weighted by Gasteiger charge is 2.44. The van der Waals surface area contributed by atoms with Crippen LogP contribution in [0.4, 0.5) is 0 Å². The molecule has 2 aromatic rings. The van der Waals surface area contributed by atoms with Gasteiger partial charge in [-0.05, 0) is 18.8 Å². The number of rotatable bonds is 5. The smallest absolute Gasteiger partial charge is 0.245 e. The Kier molecular flexibility index (Phi) is 4.55. The predicted molar refractivity (Wildman–Crippen MR) is 85.8 cm³/mol. The number of ether oxygens (including phenoxy) is 2. The van der Waals surface area contributed by atoms with Crippen molar-refractivity contribution in [3.05, 3.63) is 12.7 Å². The van der Waals surface area contributed by atoms with E-state index in [9.17, 15) is 15.3 Å². The molecule has 0 radical (unpaired) electrons. The molecule has 0 aromatic carbocycles. The van der Waals surface area contributed by atoms with Crippen molar-refractivity contribution in [3.63, 3.8) is 0 Å². The zero-order chi connectivity index (χ0) is 17.4. The second-order valence-corrected chi connectivity index (χ2v) is 6.69. The predicted octanol–water partition coefficient (Wildman–Crippen LogP) is 0.00680. The molecule has 0 spiro atoms. The zero-order valence-corrected chi connectivity index (χ0v) is 13.7. The summed E-state index contributed by atoms with van der Waals surface area (Å²) in [7, 11) is 0. The third-order valence-electron chi connectivity index (χ3n) is 5.05. The maximum atomic E-state index is 10.2. The number of nitrogens with zero attached hydrogens (tertiary/aromatic N) is 4. The first-order valence-electron chi connectivity index (χ1n) is 8.62. The number of fused-ring (bicyclic) bond motifs is 1. The first-order chi connectivity index (χ1) is 12.2. The van der Waals surface area contributed by atoms with Gasteiger partial charge in [-0.2, -0.15) is 4.98 Å². The average molecular weight is 350 g/mol. The topological polar surface area (TPSA) is 123 Å². The van der Waals surface area contributed by atoms with Gasteiger partial charge in [-0.3, -0.25) is 4.57 Å².